The van der Waals surface area contributed by atoms with Crippen molar-refractivity contribution in [2.75, 3.05) is 0 Å². The Labute approximate surface area is 140 Å². The highest BCUT2D eigenvalue weighted by molar-refractivity contribution is 7.89. The van der Waals surface area contributed by atoms with Gasteiger partial charge in [0, 0.05) is 12.4 Å². The molecule has 124 valence electrons. The molecule has 0 aliphatic rings. The van der Waals surface area contributed by atoms with Crippen LogP contribution < -0.4 is 4.72 Å². The summed E-state index contributed by atoms with van der Waals surface area (Å²) in [4.78, 5) is 8.67. The van der Waals surface area contributed by atoms with Crippen LogP contribution in [0.1, 0.15) is 16.8 Å². The number of rotatable bonds is 5. The Bertz CT molecular complexity index is 951. The summed E-state index contributed by atoms with van der Waals surface area (Å²) in [5.41, 5.74) is 2.99. The lowest BCUT2D eigenvalue weighted by Gasteiger charge is -2.10. The zero-order chi connectivity index (χ0) is 17.2. The maximum Gasteiger partial charge on any atom is 0.240 e. The number of nitrogens with one attached hydrogen (secondary N) is 1. The number of aromatic nitrogens is 2. The molecule has 0 atom stereocenters. The molecule has 0 radical (unpaired) electrons. The first-order chi connectivity index (χ1) is 11.5. The van der Waals surface area contributed by atoms with E-state index in [0.717, 1.165) is 11.1 Å². The van der Waals surface area contributed by atoms with Crippen LogP contribution in [-0.2, 0) is 16.6 Å². The number of benzene rings is 1. The summed E-state index contributed by atoms with van der Waals surface area (Å²) in [5.74, 6) is 0.545. The lowest BCUT2D eigenvalue weighted by atomic mass is 10.1. The van der Waals surface area contributed by atoms with E-state index in [2.05, 4.69) is 14.7 Å². The van der Waals surface area contributed by atoms with Gasteiger partial charge >= 0.3 is 0 Å². The summed E-state index contributed by atoms with van der Waals surface area (Å²) in [6.07, 6.45) is 4.60. The van der Waals surface area contributed by atoms with E-state index in [1.165, 1.54) is 12.5 Å². The van der Waals surface area contributed by atoms with Crippen molar-refractivity contribution in [1.29, 1.82) is 0 Å². The molecule has 0 spiro atoms. The fourth-order valence-corrected chi connectivity index (χ4v) is 3.32. The molecule has 1 N–H and O–H groups in total. The van der Waals surface area contributed by atoms with Gasteiger partial charge in [0.15, 0.2) is 5.76 Å². The van der Waals surface area contributed by atoms with E-state index < -0.39 is 10.0 Å². The Balaban J connectivity index is 1.84. The summed E-state index contributed by atoms with van der Waals surface area (Å²) in [6, 6.07) is 8.54. The molecular weight excluding hydrogens is 326 g/mol. The molecule has 0 bridgehead atoms. The molecule has 0 aliphatic carbocycles. The lowest BCUT2D eigenvalue weighted by molar-refractivity contribution is 0.573. The van der Waals surface area contributed by atoms with Crippen LogP contribution in [-0.4, -0.2) is 18.4 Å². The normalized spacial score (nSPS) is 11.6. The first kappa shape index (κ1) is 16.4. The Kier molecular flexibility index (Phi) is 4.46. The summed E-state index contributed by atoms with van der Waals surface area (Å²) in [5, 5.41) is 0. The first-order valence-corrected chi connectivity index (χ1v) is 8.86. The molecule has 0 saturated carbocycles. The third kappa shape index (κ3) is 3.37. The van der Waals surface area contributed by atoms with Gasteiger partial charge < -0.3 is 4.42 Å². The SMILES string of the molecule is Cc1ccc(S(=O)(=O)NCc2nccnc2-c2ccco2)cc1C. The standard InChI is InChI=1S/C17H17N3O3S/c1-12-5-6-14(10-13(12)2)24(21,22)20-11-15-17(19-8-7-18-15)16-4-3-9-23-16/h3-10,20H,11H2,1-2H3. The zero-order valence-electron chi connectivity index (χ0n) is 13.4. The average Bonchev–Trinajstić information content (AvgIpc) is 3.10. The molecule has 0 fully saturated rings. The smallest absolute Gasteiger partial charge is 0.240 e. The highest BCUT2D eigenvalue weighted by Gasteiger charge is 2.17. The minimum absolute atomic E-state index is 0.0269. The third-order valence-corrected chi connectivity index (χ3v) is 5.15. The van der Waals surface area contributed by atoms with E-state index >= 15 is 0 Å². The van der Waals surface area contributed by atoms with Gasteiger partial charge in [0.25, 0.3) is 0 Å². The van der Waals surface area contributed by atoms with Crippen molar-refractivity contribution in [1.82, 2.24) is 14.7 Å². The molecular formula is C17H17N3O3S. The predicted molar refractivity (Wildman–Crippen MR) is 89.7 cm³/mol. The summed E-state index contributed by atoms with van der Waals surface area (Å²) in [6.45, 7) is 3.85. The lowest BCUT2D eigenvalue weighted by Crippen LogP contribution is -2.24. The van der Waals surface area contributed by atoms with Gasteiger partial charge in [0.1, 0.15) is 5.69 Å². The van der Waals surface area contributed by atoms with E-state index in [1.807, 2.05) is 13.8 Å². The zero-order valence-corrected chi connectivity index (χ0v) is 14.2. The molecule has 24 heavy (non-hydrogen) atoms. The number of aryl methyl sites for hydroxylation is 2. The van der Waals surface area contributed by atoms with Gasteiger partial charge in [-0.05, 0) is 49.2 Å². The Morgan fingerprint density at radius 1 is 1.08 bits per heavy atom. The minimum atomic E-state index is -3.63. The van der Waals surface area contributed by atoms with Gasteiger partial charge in [0.05, 0.1) is 23.4 Å². The van der Waals surface area contributed by atoms with Crippen molar-refractivity contribution in [3.63, 3.8) is 0 Å². The van der Waals surface area contributed by atoms with Crippen LogP contribution in [0.5, 0.6) is 0 Å². The van der Waals surface area contributed by atoms with Crippen molar-refractivity contribution < 1.29 is 12.8 Å². The second-order valence-electron chi connectivity index (χ2n) is 5.40. The molecule has 2 aromatic heterocycles. The maximum atomic E-state index is 12.5. The van der Waals surface area contributed by atoms with Gasteiger partial charge in [-0.25, -0.2) is 18.1 Å². The van der Waals surface area contributed by atoms with E-state index in [1.54, 1.807) is 36.5 Å². The second kappa shape index (κ2) is 6.54. The van der Waals surface area contributed by atoms with E-state index in [-0.39, 0.29) is 11.4 Å². The fourth-order valence-electron chi connectivity index (χ4n) is 2.24. The van der Waals surface area contributed by atoms with Crippen molar-refractivity contribution in [3.05, 3.63) is 65.8 Å². The van der Waals surface area contributed by atoms with Crippen LogP contribution in [0, 0.1) is 13.8 Å². The molecule has 6 nitrogen and oxygen atoms in total. The minimum Gasteiger partial charge on any atom is -0.463 e. The maximum absolute atomic E-state index is 12.5. The van der Waals surface area contributed by atoms with Gasteiger partial charge in [-0.2, -0.15) is 0 Å². The van der Waals surface area contributed by atoms with Crippen LogP contribution in [0.3, 0.4) is 0 Å². The monoisotopic (exact) mass is 343 g/mol. The molecule has 0 aliphatic heterocycles. The summed E-state index contributed by atoms with van der Waals surface area (Å²) < 4.78 is 32.9. The van der Waals surface area contributed by atoms with Crippen LogP contribution in [0.2, 0.25) is 0 Å². The van der Waals surface area contributed by atoms with Crippen LogP contribution >= 0.6 is 0 Å². The van der Waals surface area contributed by atoms with Crippen LogP contribution in [0.4, 0.5) is 0 Å². The Morgan fingerprint density at radius 2 is 1.88 bits per heavy atom. The van der Waals surface area contributed by atoms with Gasteiger partial charge in [0.2, 0.25) is 10.0 Å². The summed E-state index contributed by atoms with van der Waals surface area (Å²) in [7, 11) is -3.63. The Hall–Kier alpha value is -2.51. The van der Waals surface area contributed by atoms with Crippen molar-refractivity contribution in [3.8, 4) is 11.5 Å². The van der Waals surface area contributed by atoms with Crippen molar-refractivity contribution in [2.24, 2.45) is 0 Å². The van der Waals surface area contributed by atoms with Crippen molar-refractivity contribution >= 4 is 10.0 Å². The molecule has 3 rings (SSSR count). The van der Waals surface area contributed by atoms with Gasteiger partial charge in [-0.1, -0.05) is 6.07 Å². The largest absolute Gasteiger partial charge is 0.463 e. The molecule has 1 aromatic carbocycles. The second-order valence-corrected chi connectivity index (χ2v) is 7.17. The number of hydrogen-bond acceptors (Lipinski definition) is 5. The first-order valence-electron chi connectivity index (χ1n) is 7.38. The number of hydrogen-bond donors (Lipinski definition) is 1. The molecule has 0 unspecified atom stereocenters. The third-order valence-electron chi connectivity index (χ3n) is 3.75. The topological polar surface area (TPSA) is 85.1 Å². The molecule has 7 heteroatoms. The Morgan fingerprint density at radius 3 is 2.58 bits per heavy atom. The average molecular weight is 343 g/mol. The van der Waals surface area contributed by atoms with E-state index in [9.17, 15) is 8.42 Å². The predicted octanol–water partition coefficient (Wildman–Crippen LogP) is 2.83. The summed E-state index contributed by atoms with van der Waals surface area (Å²) >= 11 is 0. The number of nitrogens with zero attached hydrogens (tertiary/aromatic N) is 2. The molecule has 3 aromatic rings. The van der Waals surface area contributed by atoms with E-state index in [4.69, 9.17) is 4.42 Å². The number of sulfonamides is 1. The van der Waals surface area contributed by atoms with Gasteiger partial charge in [-0.3, -0.25) is 4.98 Å². The van der Waals surface area contributed by atoms with Crippen molar-refractivity contribution in [2.45, 2.75) is 25.3 Å². The van der Waals surface area contributed by atoms with E-state index in [0.29, 0.717) is 17.1 Å². The molecule has 0 saturated heterocycles. The highest BCUT2D eigenvalue weighted by Crippen LogP contribution is 2.21. The highest BCUT2D eigenvalue weighted by atomic mass is 32.2. The molecule has 0 amide bonds. The van der Waals surface area contributed by atoms with Gasteiger partial charge in [-0.15, -0.1) is 0 Å². The molecule has 2 heterocycles. The quantitative estimate of drug-likeness (QED) is 0.770. The number of furan rings is 1. The fraction of sp³-hybridized carbons (Fsp3) is 0.176. The van der Waals surface area contributed by atoms with Crippen LogP contribution in [0.15, 0.2) is 58.3 Å². The van der Waals surface area contributed by atoms with Crippen LogP contribution in [0.25, 0.3) is 11.5 Å².